The Bertz CT molecular complexity index is 1150. The van der Waals surface area contributed by atoms with Crippen LogP contribution in [0.25, 0.3) is 6.08 Å². The van der Waals surface area contributed by atoms with Crippen molar-refractivity contribution in [3.63, 3.8) is 0 Å². The van der Waals surface area contributed by atoms with Crippen LogP contribution < -0.4 is 15.4 Å². The highest BCUT2D eigenvalue weighted by Crippen LogP contribution is 2.26. The van der Waals surface area contributed by atoms with E-state index in [1.807, 2.05) is 6.07 Å². The van der Waals surface area contributed by atoms with Crippen LogP contribution in [0, 0.1) is 11.3 Å². The van der Waals surface area contributed by atoms with E-state index in [9.17, 15) is 19.6 Å². The summed E-state index contributed by atoms with van der Waals surface area (Å²) < 4.78 is 10.4. The highest BCUT2D eigenvalue weighted by molar-refractivity contribution is 7.80. The fourth-order valence-corrected chi connectivity index (χ4v) is 3.67. The van der Waals surface area contributed by atoms with Gasteiger partial charge in [-0.15, -0.1) is 0 Å². The van der Waals surface area contributed by atoms with Gasteiger partial charge in [-0.2, -0.15) is 17.9 Å². The molecule has 37 heavy (non-hydrogen) atoms. The highest BCUT2D eigenvalue weighted by atomic mass is 32.1. The minimum Gasteiger partial charge on any atom is -0.497 e. The number of hydrogen-bond donors (Lipinski definition) is 3. The molecule has 196 valence electrons. The predicted octanol–water partition coefficient (Wildman–Crippen LogP) is 4.19. The molecule has 9 nitrogen and oxygen atoms in total. The summed E-state index contributed by atoms with van der Waals surface area (Å²) in [5.74, 6) is -0.690. The summed E-state index contributed by atoms with van der Waals surface area (Å²) >= 11 is 4.22. The van der Waals surface area contributed by atoms with Crippen molar-refractivity contribution in [1.29, 1.82) is 5.26 Å². The minimum atomic E-state index is -1.20. The quantitative estimate of drug-likeness (QED) is 0.317. The number of nitrogens with zero attached hydrogens (tertiary/aromatic N) is 2. The lowest BCUT2D eigenvalue weighted by Crippen LogP contribution is -2.53. The first-order valence-electron chi connectivity index (χ1n) is 11.5. The van der Waals surface area contributed by atoms with Gasteiger partial charge in [0.2, 0.25) is 5.91 Å². The summed E-state index contributed by atoms with van der Waals surface area (Å²) in [4.78, 5) is 40.7. The number of carbonyl (C=O) groups is 3. The molecule has 0 spiro atoms. The molecular formula is C27H32N4O5S. The monoisotopic (exact) mass is 524 g/mol. The summed E-state index contributed by atoms with van der Waals surface area (Å²) in [5, 5.41) is 14.9. The topological polar surface area (TPSA) is 121 Å². The number of anilines is 1. The number of methoxy groups -OCH3 is 1. The number of alkyl carbamates (subject to hydrolysis) is 1. The molecule has 0 saturated heterocycles. The Morgan fingerprint density at radius 1 is 1.19 bits per heavy atom. The van der Waals surface area contributed by atoms with Crippen molar-refractivity contribution in [2.75, 3.05) is 24.7 Å². The molecule has 2 N–H and O–H groups in total. The molecule has 10 heteroatoms. The molecule has 0 heterocycles. The van der Waals surface area contributed by atoms with Gasteiger partial charge in [0.25, 0.3) is 5.91 Å². The number of hydrogen-bond acceptors (Lipinski definition) is 7. The van der Waals surface area contributed by atoms with Gasteiger partial charge >= 0.3 is 6.09 Å². The Morgan fingerprint density at radius 3 is 2.41 bits per heavy atom. The second-order valence-corrected chi connectivity index (χ2v) is 9.37. The average molecular weight is 525 g/mol. The van der Waals surface area contributed by atoms with Crippen LogP contribution in [0.5, 0.6) is 5.75 Å². The van der Waals surface area contributed by atoms with Crippen LogP contribution in [0.1, 0.15) is 37.9 Å². The average Bonchev–Trinajstić information content (AvgIpc) is 2.86. The number of nitriles is 1. The Labute approximate surface area is 222 Å². The molecule has 2 atom stereocenters. The third-order valence-electron chi connectivity index (χ3n) is 5.08. The Balaban J connectivity index is 2.47. The smallest absolute Gasteiger partial charge is 0.408 e. The zero-order chi connectivity index (χ0) is 27.6. The van der Waals surface area contributed by atoms with Crippen LogP contribution in [0.4, 0.5) is 10.5 Å². The van der Waals surface area contributed by atoms with Crippen molar-refractivity contribution >= 4 is 42.3 Å². The molecule has 2 unspecified atom stereocenters. The van der Waals surface area contributed by atoms with Crippen molar-refractivity contribution < 1.29 is 23.9 Å². The molecule has 3 amide bonds. The van der Waals surface area contributed by atoms with Crippen molar-refractivity contribution in [3.05, 3.63) is 66.2 Å². The lowest BCUT2D eigenvalue weighted by atomic mass is 10.0. The van der Waals surface area contributed by atoms with Gasteiger partial charge in [0.05, 0.1) is 13.2 Å². The minimum absolute atomic E-state index is 0.0838. The van der Waals surface area contributed by atoms with Crippen LogP contribution in [-0.2, 0) is 14.3 Å². The van der Waals surface area contributed by atoms with Gasteiger partial charge in [-0.25, -0.2) is 4.79 Å². The second kappa shape index (κ2) is 13.4. The molecule has 0 aliphatic heterocycles. The third-order valence-corrected chi connectivity index (χ3v) is 5.44. The largest absolute Gasteiger partial charge is 0.497 e. The molecule has 0 saturated carbocycles. The first-order valence-corrected chi connectivity index (χ1v) is 12.1. The van der Waals surface area contributed by atoms with Gasteiger partial charge in [-0.3, -0.25) is 9.59 Å². The van der Waals surface area contributed by atoms with Gasteiger partial charge < -0.3 is 25.0 Å². The van der Waals surface area contributed by atoms with Crippen molar-refractivity contribution in [2.45, 2.75) is 38.5 Å². The SMILES string of the molecule is C=Cc1cccc(C(C(=O)Nc2ccc(OC)cc2)N(CC#N)C(=O)C(CS)NC(=O)OC(C)(C)C)c1. The number of carbonyl (C=O) groups excluding carboxylic acids is 3. The van der Waals surface area contributed by atoms with E-state index in [-0.39, 0.29) is 5.75 Å². The Morgan fingerprint density at radius 2 is 1.86 bits per heavy atom. The molecule has 0 aliphatic carbocycles. The van der Waals surface area contributed by atoms with E-state index in [1.165, 1.54) is 7.11 Å². The summed E-state index contributed by atoms with van der Waals surface area (Å²) in [7, 11) is 1.53. The molecule has 0 fully saturated rings. The van der Waals surface area contributed by atoms with E-state index < -0.39 is 42.1 Å². The molecule has 0 aliphatic rings. The van der Waals surface area contributed by atoms with Crippen LogP contribution in [0.3, 0.4) is 0 Å². The molecule has 0 radical (unpaired) electrons. The van der Waals surface area contributed by atoms with Crippen LogP contribution in [-0.4, -0.2) is 53.9 Å². The summed E-state index contributed by atoms with van der Waals surface area (Å²) in [6.45, 7) is 8.42. The highest BCUT2D eigenvalue weighted by Gasteiger charge is 2.36. The second-order valence-electron chi connectivity index (χ2n) is 9.00. The molecule has 0 bridgehead atoms. The van der Waals surface area contributed by atoms with E-state index in [0.717, 1.165) is 10.5 Å². The van der Waals surface area contributed by atoms with E-state index in [4.69, 9.17) is 9.47 Å². The van der Waals surface area contributed by atoms with Gasteiger partial charge in [-0.05, 0) is 62.2 Å². The normalized spacial score (nSPS) is 12.3. The van der Waals surface area contributed by atoms with Crippen LogP contribution in [0.15, 0.2) is 55.1 Å². The fourth-order valence-electron chi connectivity index (χ4n) is 3.42. The van der Waals surface area contributed by atoms with Crippen molar-refractivity contribution in [2.24, 2.45) is 0 Å². The first kappa shape index (κ1) is 29.3. The van der Waals surface area contributed by atoms with Crippen LogP contribution in [0.2, 0.25) is 0 Å². The maximum Gasteiger partial charge on any atom is 0.408 e. The summed E-state index contributed by atoms with van der Waals surface area (Å²) in [5.41, 5.74) is 0.869. The maximum atomic E-state index is 13.6. The number of thiol groups is 1. The number of benzene rings is 2. The zero-order valence-corrected chi connectivity index (χ0v) is 22.2. The van der Waals surface area contributed by atoms with E-state index in [2.05, 4.69) is 29.8 Å². The van der Waals surface area contributed by atoms with E-state index in [1.54, 1.807) is 75.4 Å². The zero-order valence-electron chi connectivity index (χ0n) is 21.4. The van der Waals surface area contributed by atoms with Gasteiger partial charge in [-0.1, -0.05) is 30.9 Å². The first-order chi connectivity index (χ1) is 17.5. The molecule has 2 rings (SSSR count). The number of rotatable bonds is 10. The van der Waals surface area contributed by atoms with Crippen molar-refractivity contribution in [1.82, 2.24) is 10.2 Å². The van der Waals surface area contributed by atoms with Crippen molar-refractivity contribution in [3.8, 4) is 11.8 Å². The molecule has 2 aromatic rings. The Kier molecular flexibility index (Phi) is 10.6. The van der Waals surface area contributed by atoms with E-state index >= 15 is 0 Å². The third kappa shape index (κ3) is 8.58. The lowest BCUT2D eigenvalue weighted by Gasteiger charge is -2.32. The molecular weight excluding hydrogens is 492 g/mol. The number of amides is 3. The van der Waals surface area contributed by atoms with E-state index in [0.29, 0.717) is 17.0 Å². The number of nitrogens with one attached hydrogen (secondary N) is 2. The maximum absolute atomic E-state index is 13.6. The Hall–Kier alpha value is -3.97. The van der Waals surface area contributed by atoms with Gasteiger partial charge in [0, 0.05) is 11.4 Å². The fraction of sp³-hybridized carbons (Fsp3) is 0.333. The van der Waals surface area contributed by atoms with Crippen LogP contribution >= 0.6 is 12.6 Å². The molecule has 2 aromatic carbocycles. The standard InChI is InChI=1S/C27H32N4O5S/c1-6-18-8-7-9-19(16-18)23(24(32)29-20-10-12-21(35-5)13-11-20)31(15-14-28)25(33)22(17-37)30-26(34)36-27(2,3)4/h6-13,16,22-23,37H,1,15,17H2,2-5H3,(H,29,32)(H,30,34). The molecule has 0 aromatic heterocycles. The number of ether oxygens (including phenoxy) is 2. The lowest BCUT2D eigenvalue weighted by molar-refractivity contribution is -0.139. The van der Waals surface area contributed by atoms with Gasteiger partial charge in [0.1, 0.15) is 30.0 Å². The predicted molar refractivity (Wildman–Crippen MR) is 145 cm³/mol. The summed E-state index contributed by atoms with van der Waals surface area (Å²) in [6.07, 6.45) is 0.795. The summed E-state index contributed by atoms with van der Waals surface area (Å²) in [6, 6.07) is 13.2. The van der Waals surface area contributed by atoms with Gasteiger partial charge in [0.15, 0.2) is 0 Å².